The van der Waals surface area contributed by atoms with Crippen molar-refractivity contribution in [1.29, 1.82) is 0 Å². The van der Waals surface area contributed by atoms with E-state index in [1.165, 1.54) is 23.8 Å². The van der Waals surface area contributed by atoms with E-state index in [9.17, 15) is 19.5 Å². The van der Waals surface area contributed by atoms with Crippen molar-refractivity contribution in [2.45, 2.75) is 29.7 Å². The number of amides is 2. The monoisotopic (exact) mass is 416 g/mol. The molecule has 1 aliphatic carbocycles. The van der Waals surface area contributed by atoms with E-state index in [-0.39, 0.29) is 12.3 Å². The second-order valence-corrected chi connectivity index (χ2v) is 8.19. The number of methoxy groups -OCH3 is 1. The minimum absolute atomic E-state index is 0.133. The van der Waals surface area contributed by atoms with Crippen LogP contribution in [0.4, 0.5) is 0 Å². The summed E-state index contributed by atoms with van der Waals surface area (Å²) in [7, 11) is 1.24. The number of nitrogens with one attached hydrogen (secondary N) is 1. The van der Waals surface area contributed by atoms with E-state index in [4.69, 9.17) is 9.47 Å². The van der Waals surface area contributed by atoms with Gasteiger partial charge in [-0.2, -0.15) is 0 Å². The summed E-state index contributed by atoms with van der Waals surface area (Å²) in [5.41, 5.74) is 1.42. The fourth-order valence-electron chi connectivity index (χ4n) is 3.63. The lowest BCUT2D eigenvalue weighted by Crippen LogP contribution is -2.71. The van der Waals surface area contributed by atoms with Gasteiger partial charge in [-0.15, -0.1) is 11.8 Å². The van der Waals surface area contributed by atoms with Crippen molar-refractivity contribution >= 4 is 29.5 Å². The summed E-state index contributed by atoms with van der Waals surface area (Å²) in [5, 5.41) is 12.2. The Bertz CT molecular complexity index is 928. The lowest BCUT2D eigenvalue weighted by molar-refractivity contribution is -0.152. The molecule has 2 N–H and O–H groups in total. The highest BCUT2D eigenvalue weighted by Gasteiger charge is 2.58. The van der Waals surface area contributed by atoms with Gasteiger partial charge < -0.3 is 19.9 Å². The van der Waals surface area contributed by atoms with E-state index < -0.39 is 40.6 Å². The molecular weight excluding hydrogens is 396 g/mol. The molecule has 29 heavy (non-hydrogen) atoms. The van der Waals surface area contributed by atoms with Crippen LogP contribution in [-0.2, 0) is 19.1 Å². The third-order valence-corrected chi connectivity index (χ3v) is 6.66. The molecule has 1 aromatic carbocycles. The van der Waals surface area contributed by atoms with E-state index in [0.717, 1.165) is 0 Å². The van der Waals surface area contributed by atoms with Crippen molar-refractivity contribution in [2.75, 3.05) is 13.7 Å². The summed E-state index contributed by atoms with van der Waals surface area (Å²) in [6.45, 7) is 1.54. The Morgan fingerprint density at radius 2 is 2.00 bits per heavy atom. The molecule has 152 valence electrons. The number of para-hydroxylation sites is 1. The topological polar surface area (TPSA) is 105 Å². The average Bonchev–Trinajstić information content (AvgIpc) is 3.02. The Labute approximate surface area is 171 Å². The largest absolute Gasteiger partial charge is 0.484 e. The number of hydrogen-bond acceptors (Lipinski definition) is 7. The van der Waals surface area contributed by atoms with Crippen molar-refractivity contribution in [1.82, 2.24) is 10.2 Å². The highest BCUT2D eigenvalue weighted by molar-refractivity contribution is 8.01. The quantitative estimate of drug-likeness (QED) is 0.534. The zero-order valence-corrected chi connectivity index (χ0v) is 16.6. The second kappa shape index (κ2) is 7.57. The molecule has 4 rings (SSSR count). The minimum atomic E-state index is -0.804. The number of ether oxygens (including phenoxy) is 2. The summed E-state index contributed by atoms with van der Waals surface area (Å²) < 4.78 is 10.3. The number of carbonyl (C=O) groups is 3. The molecule has 4 atom stereocenters. The van der Waals surface area contributed by atoms with Crippen molar-refractivity contribution < 1.29 is 29.0 Å². The van der Waals surface area contributed by atoms with Crippen molar-refractivity contribution in [2.24, 2.45) is 0 Å². The van der Waals surface area contributed by atoms with Crippen LogP contribution in [-0.4, -0.2) is 64.3 Å². The predicted octanol–water partition coefficient (Wildman–Crippen LogP) is 0.582. The first-order chi connectivity index (χ1) is 13.9. The van der Waals surface area contributed by atoms with Crippen LogP contribution in [0.1, 0.15) is 6.92 Å². The fraction of sp³-hybridized carbons (Fsp3) is 0.350. The first kappa shape index (κ1) is 19.5. The molecule has 2 aliphatic heterocycles. The Morgan fingerprint density at radius 1 is 1.28 bits per heavy atom. The molecule has 8 nitrogen and oxygen atoms in total. The summed E-state index contributed by atoms with van der Waals surface area (Å²) in [6, 6.07) is 8.07. The Kier molecular flexibility index (Phi) is 5.10. The smallest absolute Gasteiger partial charge is 0.355 e. The maximum Gasteiger partial charge on any atom is 0.355 e. The van der Waals surface area contributed by atoms with Gasteiger partial charge in [0, 0.05) is 0 Å². The first-order valence-electron chi connectivity index (χ1n) is 9.07. The highest BCUT2D eigenvalue weighted by atomic mass is 32.2. The summed E-state index contributed by atoms with van der Waals surface area (Å²) >= 11 is 1.35. The minimum Gasteiger partial charge on any atom is -0.484 e. The van der Waals surface area contributed by atoms with Gasteiger partial charge in [-0.25, -0.2) is 4.79 Å². The van der Waals surface area contributed by atoms with E-state index in [2.05, 4.69) is 5.32 Å². The first-order valence-corrected chi connectivity index (χ1v) is 10.0. The predicted molar refractivity (Wildman–Crippen MR) is 105 cm³/mol. The van der Waals surface area contributed by atoms with Crippen molar-refractivity contribution in [3.05, 3.63) is 53.3 Å². The number of fused-ring (bicyclic) bond motifs is 2. The van der Waals surface area contributed by atoms with E-state index in [1.807, 2.05) is 6.07 Å². The molecule has 1 unspecified atom stereocenters. The van der Waals surface area contributed by atoms with Crippen LogP contribution in [0, 0.1) is 0 Å². The van der Waals surface area contributed by atoms with Gasteiger partial charge in [-0.1, -0.05) is 24.3 Å². The average molecular weight is 416 g/mol. The molecule has 1 fully saturated rings. The molecule has 0 aromatic heterocycles. The third kappa shape index (κ3) is 3.30. The van der Waals surface area contributed by atoms with Crippen LogP contribution in [0.15, 0.2) is 53.3 Å². The molecule has 1 aromatic rings. The zero-order chi connectivity index (χ0) is 20.7. The Balaban J connectivity index is 1.48. The molecular formula is C20H20N2O6S. The highest BCUT2D eigenvalue weighted by Crippen LogP contribution is 2.49. The standard InChI is InChI=1S/C20H20N2O6S/c1-10-8-12-15(20(26)27-2)22-18(25)14(19(22)29-17(12)16(10)24)21-13(23)9-28-11-6-4-3-5-7-11/h3-8,14,16-17,19,24H,9H2,1-2H3,(H,21,23)/t14-,16?,17-,19-/m1/s1. The van der Waals surface area contributed by atoms with Gasteiger partial charge in [-0.3, -0.25) is 14.5 Å². The van der Waals surface area contributed by atoms with E-state index >= 15 is 0 Å². The van der Waals surface area contributed by atoms with Crippen LogP contribution in [0.5, 0.6) is 5.75 Å². The molecule has 0 saturated carbocycles. The number of nitrogens with zero attached hydrogens (tertiary/aromatic N) is 1. The van der Waals surface area contributed by atoms with Gasteiger partial charge in [0.05, 0.1) is 18.5 Å². The van der Waals surface area contributed by atoms with Crippen LogP contribution in [0.25, 0.3) is 0 Å². The summed E-state index contributed by atoms with van der Waals surface area (Å²) in [5.74, 6) is -0.927. The molecule has 1 saturated heterocycles. The Morgan fingerprint density at radius 3 is 2.69 bits per heavy atom. The van der Waals surface area contributed by atoms with Gasteiger partial charge in [-0.05, 0) is 30.2 Å². The van der Waals surface area contributed by atoms with Crippen molar-refractivity contribution in [3.8, 4) is 5.75 Å². The van der Waals surface area contributed by atoms with Crippen LogP contribution in [0.2, 0.25) is 0 Å². The number of thioether (sulfide) groups is 1. The second-order valence-electron chi connectivity index (χ2n) is 6.93. The van der Waals surface area contributed by atoms with Gasteiger partial charge >= 0.3 is 5.97 Å². The number of rotatable bonds is 5. The molecule has 0 radical (unpaired) electrons. The molecule has 0 spiro atoms. The van der Waals surface area contributed by atoms with E-state index in [1.54, 1.807) is 37.3 Å². The van der Waals surface area contributed by atoms with Gasteiger partial charge in [0.15, 0.2) is 6.61 Å². The number of allylic oxidation sites excluding steroid dienone is 1. The lowest BCUT2D eigenvalue weighted by Gasteiger charge is -2.51. The normalized spacial score (nSPS) is 27.5. The molecule has 9 heteroatoms. The lowest BCUT2D eigenvalue weighted by atomic mass is 10.0. The molecule has 2 heterocycles. The molecule has 2 amide bonds. The number of hydrogen-bond donors (Lipinski definition) is 2. The number of esters is 1. The molecule has 0 bridgehead atoms. The van der Waals surface area contributed by atoms with Crippen molar-refractivity contribution in [3.63, 3.8) is 0 Å². The number of carbonyl (C=O) groups excluding carboxylic acids is 3. The zero-order valence-electron chi connectivity index (χ0n) is 15.8. The SMILES string of the molecule is COC(=O)C1=C2C=C(C)C(O)[C@@H]2S[C@@H]2[C@H](NC(=O)COc3ccccc3)C(=O)N12. The third-order valence-electron chi connectivity index (χ3n) is 5.09. The van der Waals surface area contributed by atoms with Gasteiger partial charge in [0.25, 0.3) is 11.8 Å². The van der Waals surface area contributed by atoms with Gasteiger partial charge in [0.2, 0.25) is 0 Å². The van der Waals surface area contributed by atoms with E-state index in [0.29, 0.717) is 16.9 Å². The number of aliphatic hydroxyl groups excluding tert-OH is 1. The van der Waals surface area contributed by atoms with Gasteiger partial charge in [0.1, 0.15) is 22.9 Å². The number of β-lactam (4-membered cyclic amide) rings is 1. The molecule has 3 aliphatic rings. The number of benzene rings is 1. The number of aliphatic hydroxyl groups is 1. The van der Waals surface area contributed by atoms with Crippen LogP contribution >= 0.6 is 11.8 Å². The Hall–Kier alpha value is -2.78. The maximum absolute atomic E-state index is 12.7. The summed E-state index contributed by atoms with van der Waals surface area (Å²) in [4.78, 5) is 38.7. The van der Waals surface area contributed by atoms with Crippen LogP contribution < -0.4 is 10.1 Å². The fourth-order valence-corrected chi connectivity index (χ4v) is 5.29. The summed E-state index contributed by atoms with van der Waals surface area (Å²) in [6.07, 6.45) is 0.961. The maximum atomic E-state index is 12.7. The van der Waals surface area contributed by atoms with Crippen LogP contribution in [0.3, 0.4) is 0 Å².